The van der Waals surface area contributed by atoms with Crippen molar-refractivity contribution >= 4 is 22.9 Å². The third-order valence-electron chi connectivity index (χ3n) is 2.69. The molecule has 2 rings (SSSR count). The maximum Gasteiger partial charge on any atom is 0.119 e. The van der Waals surface area contributed by atoms with E-state index < -0.39 is 0 Å². The summed E-state index contributed by atoms with van der Waals surface area (Å²) in [6.07, 6.45) is 0. The fourth-order valence-corrected chi connectivity index (χ4v) is 3.08. The summed E-state index contributed by atoms with van der Waals surface area (Å²) in [5.74, 6) is 0.903. The quantitative estimate of drug-likeness (QED) is 0.890. The normalized spacial score (nSPS) is 12.4. The molecule has 0 amide bonds. The Morgan fingerprint density at radius 3 is 2.44 bits per heavy atom. The standard InChI is InChI=1S/C14H16ClNOS/c1-3-17-11-6-4-10(5-7-11)14(16-2)12-8-9-13(15)18-12/h4-9,14,16H,3H2,1-2H3. The van der Waals surface area contributed by atoms with Crippen molar-refractivity contribution in [1.29, 1.82) is 0 Å². The minimum atomic E-state index is 0.179. The van der Waals surface area contributed by atoms with Crippen molar-refractivity contribution in [1.82, 2.24) is 5.32 Å². The second-order valence-electron chi connectivity index (χ2n) is 3.87. The highest BCUT2D eigenvalue weighted by Crippen LogP contribution is 2.31. The van der Waals surface area contributed by atoms with E-state index in [-0.39, 0.29) is 6.04 Å². The molecule has 0 radical (unpaired) electrons. The molecule has 1 heterocycles. The van der Waals surface area contributed by atoms with Crippen molar-refractivity contribution in [2.45, 2.75) is 13.0 Å². The van der Waals surface area contributed by atoms with Crippen LogP contribution in [0.1, 0.15) is 23.4 Å². The summed E-state index contributed by atoms with van der Waals surface area (Å²) >= 11 is 7.59. The predicted molar refractivity (Wildman–Crippen MR) is 77.8 cm³/mol. The van der Waals surface area contributed by atoms with E-state index in [1.54, 1.807) is 11.3 Å². The van der Waals surface area contributed by atoms with E-state index in [0.29, 0.717) is 6.61 Å². The Morgan fingerprint density at radius 2 is 1.94 bits per heavy atom. The van der Waals surface area contributed by atoms with Crippen LogP contribution in [0.5, 0.6) is 5.75 Å². The molecule has 96 valence electrons. The second-order valence-corrected chi connectivity index (χ2v) is 5.61. The highest BCUT2D eigenvalue weighted by Gasteiger charge is 2.13. The first-order chi connectivity index (χ1) is 8.74. The average Bonchev–Trinajstić information content (AvgIpc) is 2.79. The van der Waals surface area contributed by atoms with E-state index in [0.717, 1.165) is 10.1 Å². The third kappa shape index (κ3) is 3.05. The summed E-state index contributed by atoms with van der Waals surface area (Å²) in [6.45, 7) is 2.67. The predicted octanol–water partition coefficient (Wildman–Crippen LogP) is 4.11. The van der Waals surface area contributed by atoms with Crippen LogP contribution >= 0.6 is 22.9 Å². The minimum absolute atomic E-state index is 0.179. The van der Waals surface area contributed by atoms with Gasteiger partial charge in [0.2, 0.25) is 0 Å². The molecule has 1 unspecified atom stereocenters. The largest absolute Gasteiger partial charge is 0.494 e. The van der Waals surface area contributed by atoms with Crippen LogP contribution in [-0.2, 0) is 0 Å². The summed E-state index contributed by atoms with van der Waals surface area (Å²) in [6, 6.07) is 12.3. The molecule has 0 fully saturated rings. The molecule has 0 aliphatic rings. The Kier molecular flexibility index (Phi) is 4.64. The van der Waals surface area contributed by atoms with Crippen LogP contribution in [0.3, 0.4) is 0 Å². The van der Waals surface area contributed by atoms with Gasteiger partial charge >= 0.3 is 0 Å². The number of benzene rings is 1. The lowest BCUT2D eigenvalue weighted by Gasteiger charge is -2.15. The molecule has 2 nitrogen and oxygen atoms in total. The van der Waals surface area contributed by atoms with Crippen LogP contribution in [0.25, 0.3) is 0 Å². The Balaban J connectivity index is 2.22. The number of hydrogen-bond donors (Lipinski definition) is 1. The third-order valence-corrected chi connectivity index (χ3v) is 3.99. The van der Waals surface area contributed by atoms with Crippen LogP contribution < -0.4 is 10.1 Å². The van der Waals surface area contributed by atoms with Crippen LogP contribution in [0, 0.1) is 0 Å². The fourth-order valence-electron chi connectivity index (χ4n) is 1.88. The van der Waals surface area contributed by atoms with Gasteiger partial charge in [0.1, 0.15) is 5.75 Å². The van der Waals surface area contributed by atoms with Gasteiger partial charge in [0, 0.05) is 4.88 Å². The van der Waals surface area contributed by atoms with Gasteiger partial charge < -0.3 is 10.1 Å². The summed E-state index contributed by atoms with van der Waals surface area (Å²) in [5, 5.41) is 3.31. The molecule has 1 aromatic carbocycles. The Morgan fingerprint density at radius 1 is 1.22 bits per heavy atom. The molecule has 0 spiro atoms. The number of nitrogens with one attached hydrogen (secondary N) is 1. The van der Waals surface area contributed by atoms with Crippen LogP contribution in [0.15, 0.2) is 36.4 Å². The number of rotatable bonds is 5. The lowest BCUT2D eigenvalue weighted by atomic mass is 10.1. The van der Waals surface area contributed by atoms with Crippen molar-refractivity contribution < 1.29 is 4.74 Å². The van der Waals surface area contributed by atoms with Gasteiger partial charge in [0.15, 0.2) is 0 Å². The van der Waals surface area contributed by atoms with Gasteiger partial charge in [-0.15, -0.1) is 11.3 Å². The zero-order chi connectivity index (χ0) is 13.0. The molecule has 1 atom stereocenters. The Hall–Kier alpha value is -1.03. The van der Waals surface area contributed by atoms with Gasteiger partial charge in [-0.3, -0.25) is 0 Å². The highest BCUT2D eigenvalue weighted by atomic mass is 35.5. The average molecular weight is 282 g/mol. The first-order valence-electron chi connectivity index (χ1n) is 5.90. The molecule has 0 aliphatic carbocycles. The van der Waals surface area contributed by atoms with E-state index in [2.05, 4.69) is 23.5 Å². The monoisotopic (exact) mass is 281 g/mol. The van der Waals surface area contributed by atoms with Gasteiger partial charge in [-0.1, -0.05) is 23.7 Å². The lowest BCUT2D eigenvalue weighted by Crippen LogP contribution is -2.16. The van der Waals surface area contributed by atoms with E-state index in [4.69, 9.17) is 16.3 Å². The first-order valence-corrected chi connectivity index (χ1v) is 7.09. The molecule has 0 saturated carbocycles. The van der Waals surface area contributed by atoms with Gasteiger partial charge in [-0.2, -0.15) is 0 Å². The lowest BCUT2D eigenvalue weighted by molar-refractivity contribution is 0.340. The van der Waals surface area contributed by atoms with Crippen molar-refractivity contribution in [2.75, 3.05) is 13.7 Å². The minimum Gasteiger partial charge on any atom is -0.494 e. The van der Waals surface area contributed by atoms with Gasteiger partial charge in [0.05, 0.1) is 17.0 Å². The zero-order valence-corrected chi connectivity index (χ0v) is 12.0. The molecule has 18 heavy (non-hydrogen) atoms. The van der Waals surface area contributed by atoms with Crippen LogP contribution in [0.2, 0.25) is 4.34 Å². The smallest absolute Gasteiger partial charge is 0.119 e. The van der Waals surface area contributed by atoms with Crippen LogP contribution in [-0.4, -0.2) is 13.7 Å². The molecule has 0 saturated heterocycles. The Labute approximate surface area is 117 Å². The summed E-state index contributed by atoms with van der Waals surface area (Å²) in [4.78, 5) is 1.21. The topological polar surface area (TPSA) is 21.3 Å². The van der Waals surface area contributed by atoms with Gasteiger partial charge in [-0.05, 0) is 43.8 Å². The molecule has 1 aromatic heterocycles. The summed E-state index contributed by atoms with van der Waals surface area (Å²) in [7, 11) is 1.95. The molecule has 0 aliphatic heterocycles. The van der Waals surface area contributed by atoms with Crippen molar-refractivity contribution in [3.8, 4) is 5.75 Å². The fraction of sp³-hybridized carbons (Fsp3) is 0.286. The zero-order valence-electron chi connectivity index (χ0n) is 10.4. The summed E-state index contributed by atoms with van der Waals surface area (Å²) < 4.78 is 6.26. The molecule has 2 aromatic rings. The summed E-state index contributed by atoms with van der Waals surface area (Å²) in [5.41, 5.74) is 1.21. The number of hydrogen-bond acceptors (Lipinski definition) is 3. The van der Waals surface area contributed by atoms with Gasteiger partial charge in [0.25, 0.3) is 0 Å². The van der Waals surface area contributed by atoms with Crippen molar-refractivity contribution in [3.63, 3.8) is 0 Å². The number of halogens is 1. The second kappa shape index (κ2) is 6.23. The van der Waals surface area contributed by atoms with Crippen molar-refractivity contribution in [2.24, 2.45) is 0 Å². The van der Waals surface area contributed by atoms with E-state index in [9.17, 15) is 0 Å². The highest BCUT2D eigenvalue weighted by molar-refractivity contribution is 7.16. The molecule has 1 N–H and O–H groups in total. The first kappa shape index (κ1) is 13.4. The Bertz CT molecular complexity index is 495. The van der Waals surface area contributed by atoms with Crippen LogP contribution in [0.4, 0.5) is 0 Å². The molecular formula is C14H16ClNOS. The number of ether oxygens (including phenoxy) is 1. The van der Waals surface area contributed by atoms with Gasteiger partial charge in [-0.25, -0.2) is 0 Å². The number of thiophene rings is 1. The maximum absolute atomic E-state index is 5.99. The maximum atomic E-state index is 5.99. The van der Waals surface area contributed by atoms with Crippen molar-refractivity contribution in [3.05, 3.63) is 51.2 Å². The molecular weight excluding hydrogens is 266 g/mol. The molecule has 4 heteroatoms. The van der Waals surface area contributed by atoms with E-state index >= 15 is 0 Å². The SMILES string of the molecule is CCOc1ccc(C(NC)c2ccc(Cl)s2)cc1. The van der Waals surface area contributed by atoms with E-state index in [1.807, 2.05) is 32.2 Å². The molecule has 0 bridgehead atoms. The van der Waals surface area contributed by atoms with E-state index in [1.165, 1.54) is 10.4 Å².